The molecule has 0 spiro atoms. The van der Waals surface area contributed by atoms with Crippen LogP contribution < -0.4 is 0 Å². The second-order valence-corrected chi connectivity index (χ2v) is 68.4. The van der Waals surface area contributed by atoms with Crippen molar-refractivity contribution in [1.82, 2.24) is 0 Å². The van der Waals surface area contributed by atoms with Crippen LogP contribution in [0.1, 0.15) is 20.8 Å². The molecule has 0 amide bonds. The van der Waals surface area contributed by atoms with Gasteiger partial charge in [-0.3, -0.25) is 0 Å². The van der Waals surface area contributed by atoms with E-state index in [2.05, 4.69) is 88.6 Å². The van der Waals surface area contributed by atoms with Crippen molar-refractivity contribution in [2.45, 2.75) is 84.9 Å². The van der Waals surface area contributed by atoms with Gasteiger partial charge in [-0.25, -0.2) is 0 Å². The Morgan fingerprint density at radius 3 is 0.947 bits per heavy atom. The molecule has 118 valence electrons. The van der Waals surface area contributed by atoms with Crippen molar-refractivity contribution >= 4 is 45.0 Å². The van der Waals surface area contributed by atoms with Crippen molar-refractivity contribution < 1.29 is 0 Å². The van der Waals surface area contributed by atoms with Gasteiger partial charge in [-0.15, -0.1) is 0 Å². The third-order valence-electron chi connectivity index (χ3n) is 4.75. The summed E-state index contributed by atoms with van der Waals surface area (Å²) in [6, 6.07) is 0. The van der Waals surface area contributed by atoms with Crippen LogP contribution in [-0.2, 0) is 0 Å². The molecule has 6 heteroatoms. The normalized spacial score (nSPS) is 18.7. The summed E-state index contributed by atoms with van der Waals surface area (Å²) >= 11 is 0. The van der Waals surface area contributed by atoms with E-state index in [0.717, 1.165) is 0 Å². The van der Waals surface area contributed by atoms with E-state index < -0.39 is 27.8 Å². The van der Waals surface area contributed by atoms with Gasteiger partial charge in [-0.1, -0.05) is 0 Å². The van der Waals surface area contributed by atoms with E-state index in [1.807, 2.05) is 0 Å². The van der Waals surface area contributed by atoms with E-state index in [1.54, 1.807) is 0 Å². The number of hydrogen-bond acceptors (Lipinski definition) is 0. The molecule has 0 aliphatic carbocycles. The molecular weight excluding hydrogens is 333 g/mol. The van der Waals surface area contributed by atoms with Crippen LogP contribution in [0, 0.1) is 0 Å². The van der Waals surface area contributed by atoms with E-state index in [0.29, 0.717) is 5.16 Å². The maximum atomic E-state index is 3.70. The van der Waals surface area contributed by atoms with Crippen molar-refractivity contribution in [3.8, 4) is 0 Å². The van der Waals surface area contributed by atoms with Crippen LogP contribution in [0.15, 0.2) is 0 Å². The van der Waals surface area contributed by atoms with Gasteiger partial charge in [0.1, 0.15) is 0 Å². The fourth-order valence-electron chi connectivity index (χ4n) is 4.22. The van der Waals surface area contributed by atoms with Gasteiger partial charge in [-0.05, 0) is 0 Å². The molecule has 2 atom stereocenters. The summed E-state index contributed by atoms with van der Waals surface area (Å²) < 4.78 is -1.68. The van der Waals surface area contributed by atoms with Gasteiger partial charge in [0, 0.05) is 0 Å². The van der Waals surface area contributed by atoms with Gasteiger partial charge < -0.3 is 0 Å². The molecule has 0 bridgehead atoms. The van der Waals surface area contributed by atoms with Gasteiger partial charge in [0.25, 0.3) is 0 Å². The van der Waals surface area contributed by atoms with Gasteiger partial charge in [0.15, 0.2) is 0 Å². The third-order valence-corrected chi connectivity index (χ3v) is 122. The summed E-state index contributed by atoms with van der Waals surface area (Å²) in [5.74, 6) is 0. The predicted molar refractivity (Wildman–Crippen MR) is 115 cm³/mol. The molecular formula is C13H39P3Si3. The van der Waals surface area contributed by atoms with Crippen molar-refractivity contribution in [2.75, 3.05) is 0 Å². The molecule has 19 heavy (non-hydrogen) atoms. The molecule has 0 fully saturated rings. The molecule has 0 heterocycles. The standard InChI is InChI=1S/C13H39P3Si3/c1-13(2,3)15-16(14,17(4,5)6,18(7,8)9)19(10,11)12/h15H,14H2,1-12H3. The van der Waals surface area contributed by atoms with Crippen molar-refractivity contribution in [3.63, 3.8) is 0 Å². The summed E-state index contributed by atoms with van der Waals surface area (Å²) in [5.41, 5.74) is 0. The minimum atomic E-state index is -1.68. The van der Waals surface area contributed by atoms with E-state index in [4.69, 9.17) is 0 Å². The number of hydrogen-bond donors (Lipinski definition) is 0. The van der Waals surface area contributed by atoms with Crippen molar-refractivity contribution in [3.05, 3.63) is 0 Å². The van der Waals surface area contributed by atoms with E-state index in [1.165, 1.54) is 8.27 Å². The minimum absolute atomic E-state index is 0.487. The topological polar surface area (TPSA) is 0 Å². The molecule has 0 radical (unpaired) electrons. The van der Waals surface area contributed by atoms with Crippen LogP contribution in [0.3, 0.4) is 0 Å². The Labute approximate surface area is 130 Å². The van der Waals surface area contributed by atoms with Crippen LogP contribution >= 0.6 is 21.8 Å². The zero-order valence-electron chi connectivity index (χ0n) is 15.5. The fraction of sp³-hybridized carbons (Fsp3) is 1.00. The van der Waals surface area contributed by atoms with E-state index in [-0.39, 0.29) is 0 Å². The molecule has 0 rings (SSSR count). The maximum absolute atomic E-state index is 3.70. The summed E-state index contributed by atoms with van der Waals surface area (Å²) in [4.78, 5) is 0. The summed E-state index contributed by atoms with van der Waals surface area (Å²) in [6.07, 6.45) is 0. The number of rotatable bonds is 4. The van der Waals surface area contributed by atoms with Gasteiger partial charge >= 0.3 is 130 Å². The SMILES string of the molecule is CC(C)(C)PP(P)([Si](C)(C)C)([Si](C)(C)C)[Si](C)(C)C. The first-order chi connectivity index (χ1) is 7.79. The van der Waals surface area contributed by atoms with Crippen molar-refractivity contribution in [1.29, 1.82) is 0 Å². The van der Waals surface area contributed by atoms with Gasteiger partial charge in [0.05, 0.1) is 0 Å². The van der Waals surface area contributed by atoms with Gasteiger partial charge in [-0.2, -0.15) is 0 Å². The Morgan fingerprint density at radius 2 is 0.895 bits per heavy atom. The first-order valence-electron chi connectivity index (χ1n) is 7.40. The molecule has 0 nitrogen and oxygen atoms in total. The van der Waals surface area contributed by atoms with E-state index in [9.17, 15) is 0 Å². The Kier molecular flexibility index (Phi) is 5.78. The van der Waals surface area contributed by atoms with Crippen LogP contribution in [0.5, 0.6) is 0 Å². The van der Waals surface area contributed by atoms with Crippen molar-refractivity contribution in [2.24, 2.45) is 0 Å². The summed E-state index contributed by atoms with van der Waals surface area (Å²) in [6.45, 7) is 31.6. The molecule has 0 aliphatic rings. The van der Waals surface area contributed by atoms with Crippen LogP contribution in [0.25, 0.3) is 0 Å². The Morgan fingerprint density at radius 1 is 0.684 bits per heavy atom. The Bertz CT molecular complexity index is 301. The molecule has 0 aromatic heterocycles. The van der Waals surface area contributed by atoms with E-state index >= 15 is 0 Å². The quantitative estimate of drug-likeness (QED) is 0.361. The molecule has 0 N–H and O–H groups in total. The predicted octanol–water partition coefficient (Wildman–Crippen LogP) is 7.23. The third kappa shape index (κ3) is 3.18. The zero-order valence-corrected chi connectivity index (χ0v) is 21.6. The monoisotopic (exact) mass is 372 g/mol. The zero-order chi connectivity index (χ0) is 16.2. The molecule has 0 aliphatic heterocycles. The van der Waals surface area contributed by atoms with Crippen LogP contribution in [-0.4, -0.2) is 28.4 Å². The Hall–Kier alpha value is 1.94. The average molecular weight is 373 g/mol. The molecule has 0 saturated heterocycles. The molecule has 2 unspecified atom stereocenters. The fourth-order valence-corrected chi connectivity index (χ4v) is 114. The molecule has 0 aromatic carbocycles. The first kappa shape index (κ1) is 20.9. The average Bonchev–Trinajstić information content (AvgIpc) is 1.93. The summed E-state index contributed by atoms with van der Waals surface area (Å²) in [5, 5.41) is 0.487. The van der Waals surface area contributed by atoms with Gasteiger partial charge in [0.2, 0.25) is 0 Å². The Balaban J connectivity index is 6.60. The van der Waals surface area contributed by atoms with Crippen LogP contribution in [0.2, 0.25) is 58.9 Å². The first-order valence-corrected chi connectivity index (χ1v) is 26.1. The second-order valence-electron chi connectivity index (χ2n) is 10.1. The molecule has 0 saturated carbocycles. The van der Waals surface area contributed by atoms with Crippen LogP contribution in [0.4, 0.5) is 0 Å². The second kappa shape index (κ2) is 5.24. The summed E-state index contributed by atoms with van der Waals surface area (Å²) in [7, 11) is 1.25. The molecule has 0 aromatic rings.